The summed E-state index contributed by atoms with van der Waals surface area (Å²) >= 11 is 0. The van der Waals surface area contributed by atoms with Crippen LogP contribution < -0.4 is 14.8 Å². The van der Waals surface area contributed by atoms with Crippen LogP contribution in [-0.4, -0.2) is 72.9 Å². The number of methoxy groups -OCH3 is 1. The van der Waals surface area contributed by atoms with Gasteiger partial charge in [0.2, 0.25) is 10.0 Å². The molecule has 1 heterocycles. The van der Waals surface area contributed by atoms with E-state index >= 15 is 0 Å². The molecule has 0 unspecified atom stereocenters. The average Bonchev–Trinajstić information content (AvgIpc) is 2.57. The third kappa shape index (κ3) is 7.91. The van der Waals surface area contributed by atoms with Gasteiger partial charge < -0.3 is 14.8 Å². The van der Waals surface area contributed by atoms with Crippen molar-refractivity contribution in [1.29, 1.82) is 0 Å². The predicted molar refractivity (Wildman–Crippen MR) is 103 cm³/mol. The molecule has 1 aromatic carbocycles. The molecule has 0 saturated carbocycles. The predicted octanol–water partition coefficient (Wildman–Crippen LogP) is 0.878. The zero-order valence-electron chi connectivity index (χ0n) is 14.6. The van der Waals surface area contributed by atoms with Gasteiger partial charge in [0.05, 0.1) is 6.61 Å². The first kappa shape index (κ1) is 25.3. The number of nitrogens with zero attached hydrogens (tertiary/aromatic N) is 1. The van der Waals surface area contributed by atoms with E-state index < -0.39 is 15.8 Å². The van der Waals surface area contributed by atoms with E-state index in [1.165, 1.54) is 19.2 Å². The number of piperazine rings is 1. The molecule has 0 spiro atoms. The van der Waals surface area contributed by atoms with Crippen molar-refractivity contribution in [3.63, 3.8) is 0 Å². The number of nitrogens with one attached hydrogen (secondary N) is 2. The van der Waals surface area contributed by atoms with E-state index in [1.807, 2.05) is 0 Å². The quantitative estimate of drug-likeness (QED) is 0.562. The molecule has 2 N–H and O–H groups in total. The summed E-state index contributed by atoms with van der Waals surface area (Å²) in [7, 11) is -2.33. The number of sulfonamides is 1. The number of hydrogen-bond acceptors (Lipinski definition) is 6. The van der Waals surface area contributed by atoms with E-state index in [2.05, 4.69) is 14.9 Å². The van der Waals surface area contributed by atoms with Crippen molar-refractivity contribution >= 4 is 34.8 Å². The van der Waals surface area contributed by atoms with Crippen LogP contribution in [0.15, 0.2) is 23.1 Å². The summed E-state index contributed by atoms with van der Waals surface area (Å²) in [5, 5.41) is 3.24. The molecule has 2 rings (SSSR count). The third-order valence-electron chi connectivity index (χ3n) is 3.67. The second-order valence-electron chi connectivity index (χ2n) is 5.42. The van der Waals surface area contributed by atoms with E-state index in [1.54, 1.807) is 0 Å². The molecular formula is C15H26Cl2FN3O4S. The lowest BCUT2D eigenvalue weighted by atomic mass is 10.3. The molecule has 11 heteroatoms. The Labute approximate surface area is 166 Å². The molecule has 0 amide bonds. The van der Waals surface area contributed by atoms with Crippen molar-refractivity contribution in [3.05, 3.63) is 24.0 Å². The summed E-state index contributed by atoms with van der Waals surface area (Å²) < 4.78 is 51.2. The summed E-state index contributed by atoms with van der Waals surface area (Å²) in [6.45, 7) is 4.92. The molecule has 1 aromatic rings. The third-order valence-corrected chi connectivity index (χ3v) is 5.15. The molecule has 0 bridgehead atoms. The highest BCUT2D eigenvalue weighted by Gasteiger charge is 2.21. The number of rotatable bonds is 9. The fourth-order valence-corrected chi connectivity index (χ4v) is 3.57. The topological polar surface area (TPSA) is 79.9 Å². The van der Waals surface area contributed by atoms with Crippen LogP contribution in [0.4, 0.5) is 4.39 Å². The molecule has 0 aliphatic carbocycles. The van der Waals surface area contributed by atoms with E-state index in [0.29, 0.717) is 13.2 Å². The van der Waals surface area contributed by atoms with Crippen LogP contribution in [0, 0.1) is 5.82 Å². The maximum absolute atomic E-state index is 13.5. The van der Waals surface area contributed by atoms with E-state index in [-0.39, 0.29) is 48.6 Å². The monoisotopic (exact) mass is 433 g/mol. The minimum Gasteiger partial charge on any atom is -0.490 e. The Bertz CT molecular complexity index is 631. The minimum absolute atomic E-state index is 0. The Morgan fingerprint density at radius 3 is 2.58 bits per heavy atom. The summed E-state index contributed by atoms with van der Waals surface area (Å²) in [4.78, 5) is 1.97. The van der Waals surface area contributed by atoms with Crippen LogP contribution in [0.2, 0.25) is 0 Å². The number of hydrogen-bond donors (Lipinski definition) is 2. The summed E-state index contributed by atoms with van der Waals surface area (Å²) in [6.07, 6.45) is 0. The van der Waals surface area contributed by atoms with Crippen molar-refractivity contribution in [1.82, 2.24) is 14.9 Å². The molecule has 0 atom stereocenters. The van der Waals surface area contributed by atoms with Gasteiger partial charge in [0.25, 0.3) is 0 Å². The smallest absolute Gasteiger partial charge is 0.244 e. The molecule has 0 aromatic heterocycles. The van der Waals surface area contributed by atoms with Gasteiger partial charge in [0.15, 0.2) is 0 Å². The first-order valence-corrected chi connectivity index (χ1v) is 9.35. The molecule has 1 aliphatic heterocycles. The number of benzene rings is 1. The number of halogens is 3. The Morgan fingerprint density at radius 2 is 1.92 bits per heavy atom. The van der Waals surface area contributed by atoms with Gasteiger partial charge in [0, 0.05) is 46.4 Å². The molecular weight excluding hydrogens is 408 g/mol. The van der Waals surface area contributed by atoms with Crippen LogP contribution in [0.25, 0.3) is 0 Å². The maximum atomic E-state index is 13.5. The fourth-order valence-electron chi connectivity index (χ4n) is 2.40. The van der Waals surface area contributed by atoms with Gasteiger partial charge in [-0.25, -0.2) is 17.5 Å². The van der Waals surface area contributed by atoms with E-state index in [4.69, 9.17) is 9.47 Å². The second kappa shape index (κ2) is 12.7. The Morgan fingerprint density at radius 1 is 1.23 bits per heavy atom. The first-order valence-electron chi connectivity index (χ1n) is 7.87. The molecule has 152 valence electrons. The zero-order valence-corrected chi connectivity index (χ0v) is 17.0. The van der Waals surface area contributed by atoms with Gasteiger partial charge in [-0.15, -0.1) is 24.8 Å². The van der Waals surface area contributed by atoms with Gasteiger partial charge in [-0.05, 0) is 18.2 Å². The SMILES string of the molecule is COCCOc1ccc(F)cc1S(=O)(=O)NCCN1CCNCC1.Cl.Cl. The minimum atomic E-state index is -3.85. The summed E-state index contributed by atoms with van der Waals surface area (Å²) in [5.41, 5.74) is 0. The standard InChI is InChI=1S/C15H24FN3O4S.2ClH/c1-22-10-11-23-14-3-2-13(16)12-15(14)24(20,21)18-6-9-19-7-4-17-5-8-19;;/h2-3,12,17-18H,4-11H2,1H3;2*1H. The van der Waals surface area contributed by atoms with Crippen LogP contribution >= 0.6 is 24.8 Å². The molecule has 26 heavy (non-hydrogen) atoms. The lowest BCUT2D eigenvalue weighted by Gasteiger charge is -2.27. The number of ether oxygens (including phenoxy) is 2. The fraction of sp³-hybridized carbons (Fsp3) is 0.600. The van der Waals surface area contributed by atoms with Crippen LogP contribution in [0.5, 0.6) is 5.75 Å². The van der Waals surface area contributed by atoms with Gasteiger partial charge >= 0.3 is 0 Å². The van der Waals surface area contributed by atoms with Crippen molar-refractivity contribution < 1.29 is 22.3 Å². The Balaban J connectivity index is 0.00000312. The lowest BCUT2D eigenvalue weighted by Crippen LogP contribution is -2.46. The van der Waals surface area contributed by atoms with Crippen LogP contribution in [0.1, 0.15) is 0 Å². The highest BCUT2D eigenvalue weighted by atomic mass is 35.5. The van der Waals surface area contributed by atoms with Gasteiger partial charge in [-0.1, -0.05) is 0 Å². The van der Waals surface area contributed by atoms with Gasteiger partial charge in [-0.3, -0.25) is 4.90 Å². The first-order chi connectivity index (χ1) is 11.5. The Hall–Kier alpha value is -0.680. The zero-order chi connectivity index (χ0) is 17.4. The molecule has 1 fully saturated rings. The van der Waals surface area contributed by atoms with E-state index in [0.717, 1.165) is 32.2 Å². The molecule has 0 radical (unpaired) electrons. The summed E-state index contributed by atoms with van der Waals surface area (Å²) in [6, 6.07) is 3.45. The maximum Gasteiger partial charge on any atom is 0.244 e. The molecule has 1 aliphatic rings. The second-order valence-corrected chi connectivity index (χ2v) is 7.16. The van der Waals surface area contributed by atoms with Crippen molar-refractivity contribution in [2.24, 2.45) is 0 Å². The van der Waals surface area contributed by atoms with Crippen LogP contribution in [0.3, 0.4) is 0 Å². The van der Waals surface area contributed by atoms with Gasteiger partial charge in [0.1, 0.15) is 23.1 Å². The van der Waals surface area contributed by atoms with E-state index in [9.17, 15) is 12.8 Å². The largest absolute Gasteiger partial charge is 0.490 e. The average molecular weight is 434 g/mol. The van der Waals surface area contributed by atoms with Crippen molar-refractivity contribution in [2.45, 2.75) is 4.90 Å². The molecule has 7 nitrogen and oxygen atoms in total. The van der Waals surface area contributed by atoms with Crippen LogP contribution in [-0.2, 0) is 14.8 Å². The highest BCUT2D eigenvalue weighted by Crippen LogP contribution is 2.24. The van der Waals surface area contributed by atoms with Crippen molar-refractivity contribution in [3.8, 4) is 5.75 Å². The Kier molecular flexibility index (Phi) is 12.3. The van der Waals surface area contributed by atoms with Crippen molar-refractivity contribution in [2.75, 3.05) is 59.6 Å². The van der Waals surface area contributed by atoms with Gasteiger partial charge in [-0.2, -0.15) is 0 Å². The molecule has 1 saturated heterocycles. The highest BCUT2D eigenvalue weighted by molar-refractivity contribution is 7.89. The lowest BCUT2D eigenvalue weighted by molar-refractivity contribution is 0.144. The normalized spacial score (nSPS) is 15.0. The summed E-state index contributed by atoms with van der Waals surface area (Å²) in [5.74, 6) is -0.514.